The van der Waals surface area contributed by atoms with E-state index in [-0.39, 0.29) is 12.5 Å². The summed E-state index contributed by atoms with van der Waals surface area (Å²) in [6, 6.07) is 6.20. The lowest BCUT2D eigenvalue weighted by molar-refractivity contribution is -0.121. The van der Waals surface area contributed by atoms with E-state index in [1.54, 1.807) is 24.2 Å². The lowest BCUT2D eigenvalue weighted by Crippen LogP contribution is -2.33. The predicted molar refractivity (Wildman–Crippen MR) is 127 cm³/mol. The van der Waals surface area contributed by atoms with Crippen molar-refractivity contribution < 1.29 is 9.90 Å². The van der Waals surface area contributed by atoms with Crippen molar-refractivity contribution in [1.82, 2.24) is 5.32 Å². The molecule has 28 heavy (non-hydrogen) atoms. The van der Waals surface area contributed by atoms with Crippen LogP contribution in [0.4, 0.5) is 0 Å². The molecule has 3 nitrogen and oxygen atoms in total. The van der Waals surface area contributed by atoms with Crippen molar-refractivity contribution in [2.45, 2.75) is 135 Å². The molecule has 0 unspecified atom stereocenters. The molecule has 0 aliphatic carbocycles. The molecule has 1 amide bonds. The molecule has 0 fully saturated rings. The summed E-state index contributed by atoms with van der Waals surface area (Å²) in [5.74, 6) is 0.0882. The molecule has 0 aliphatic rings. The molecule has 2 N–H and O–H groups in total. The number of amides is 1. The van der Waals surface area contributed by atoms with Crippen molar-refractivity contribution in [3.63, 3.8) is 0 Å². The largest absolute Gasteiger partial charge is 0.395 e. The molecule has 0 saturated heterocycles. The Labute approximate surface area is 177 Å². The second-order valence-corrected chi connectivity index (χ2v) is 13.9. The number of carbonyl (C=O) groups is 1. The van der Waals surface area contributed by atoms with Gasteiger partial charge in [0.05, 0.1) is 14.7 Å². The van der Waals surface area contributed by atoms with Crippen molar-refractivity contribution in [3.8, 4) is 0 Å². The first-order chi connectivity index (χ1) is 13.6. The van der Waals surface area contributed by atoms with Gasteiger partial charge in [-0.2, -0.15) is 0 Å². The summed E-state index contributed by atoms with van der Waals surface area (Å²) in [6.45, 7) is 7.50. The van der Waals surface area contributed by atoms with Gasteiger partial charge in [0.1, 0.15) is 0 Å². The standard InChI is InChI=1S/C24H51NO2Si/c1-4-7-8-9-12-15-22-28(20-5-2,21-6-3)23-16-13-10-11-14-17-24(27)25-18-19-26/h26H,4-23H2,1-3H3,(H,25,27). The highest BCUT2D eigenvalue weighted by molar-refractivity contribution is 6.79. The average molecular weight is 414 g/mol. The number of hydrogen-bond acceptors (Lipinski definition) is 2. The highest BCUT2D eigenvalue weighted by Crippen LogP contribution is 2.33. The second-order valence-electron chi connectivity index (χ2n) is 8.86. The molecule has 0 aliphatic heterocycles. The number of hydrogen-bond donors (Lipinski definition) is 2. The number of rotatable bonds is 21. The summed E-state index contributed by atoms with van der Waals surface area (Å²) in [7, 11) is -1.05. The van der Waals surface area contributed by atoms with Gasteiger partial charge in [0.25, 0.3) is 0 Å². The summed E-state index contributed by atoms with van der Waals surface area (Å²) in [5.41, 5.74) is 0. The number of unbranched alkanes of at least 4 members (excludes halogenated alkanes) is 9. The smallest absolute Gasteiger partial charge is 0.220 e. The van der Waals surface area contributed by atoms with Crippen molar-refractivity contribution >= 4 is 14.0 Å². The van der Waals surface area contributed by atoms with Crippen LogP contribution in [0, 0.1) is 0 Å². The molecule has 4 heteroatoms. The normalized spacial score (nSPS) is 11.7. The van der Waals surface area contributed by atoms with Crippen LogP contribution in [0.25, 0.3) is 0 Å². The minimum atomic E-state index is -1.05. The molecule has 0 aromatic heterocycles. The number of nitrogens with one attached hydrogen (secondary N) is 1. The van der Waals surface area contributed by atoms with E-state index in [4.69, 9.17) is 5.11 Å². The van der Waals surface area contributed by atoms with E-state index in [2.05, 4.69) is 26.1 Å². The Morgan fingerprint density at radius 3 is 1.68 bits per heavy atom. The Hall–Kier alpha value is -0.353. The highest BCUT2D eigenvalue weighted by Gasteiger charge is 2.29. The lowest BCUT2D eigenvalue weighted by Gasteiger charge is -2.32. The molecular formula is C24H51NO2Si. The van der Waals surface area contributed by atoms with E-state index >= 15 is 0 Å². The van der Waals surface area contributed by atoms with Gasteiger partial charge in [-0.05, 0) is 6.42 Å². The first-order valence-electron chi connectivity index (χ1n) is 12.5. The first kappa shape index (κ1) is 27.6. The van der Waals surface area contributed by atoms with E-state index in [0.29, 0.717) is 13.0 Å². The Morgan fingerprint density at radius 2 is 1.18 bits per heavy atom. The minimum Gasteiger partial charge on any atom is -0.395 e. The maximum atomic E-state index is 11.5. The molecule has 0 atom stereocenters. The van der Waals surface area contributed by atoms with Crippen LogP contribution in [0.15, 0.2) is 0 Å². The highest BCUT2D eigenvalue weighted by atomic mass is 28.3. The summed E-state index contributed by atoms with van der Waals surface area (Å²) >= 11 is 0. The van der Waals surface area contributed by atoms with Gasteiger partial charge < -0.3 is 10.4 Å². The third-order valence-electron chi connectivity index (χ3n) is 6.17. The number of aliphatic hydroxyl groups excluding tert-OH is 1. The van der Waals surface area contributed by atoms with Crippen molar-refractivity contribution in [1.29, 1.82) is 0 Å². The van der Waals surface area contributed by atoms with Crippen LogP contribution < -0.4 is 5.32 Å². The zero-order valence-electron chi connectivity index (χ0n) is 19.5. The Bertz CT molecular complexity index is 343. The quantitative estimate of drug-likeness (QED) is 0.156. The van der Waals surface area contributed by atoms with Crippen molar-refractivity contribution in [2.75, 3.05) is 13.2 Å². The molecule has 0 radical (unpaired) electrons. The SMILES string of the molecule is CCCCCCCC[Si](CCC)(CCC)CCCCCCCC(=O)NCCO. The van der Waals surface area contributed by atoms with Gasteiger partial charge in [-0.15, -0.1) is 0 Å². The Kier molecular flexibility index (Phi) is 19.7. The monoisotopic (exact) mass is 413 g/mol. The van der Waals surface area contributed by atoms with Gasteiger partial charge in [0.15, 0.2) is 0 Å². The van der Waals surface area contributed by atoms with E-state index in [0.717, 1.165) is 6.42 Å². The van der Waals surface area contributed by atoms with Gasteiger partial charge in [-0.25, -0.2) is 0 Å². The van der Waals surface area contributed by atoms with Crippen molar-refractivity contribution in [3.05, 3.63) is 0 Å². The molecule has 0 spiro atoms. The van der Waals surface area contributed by atoms with Gasteiger partial charge in [0, 0.05) is 13.0 Å². The molecule has 0 heterocycles. The molecule has 0 bridgehead atoms. The minimum absolute atomic E-state index is 0.0334. The zero-order chi connectivity index (χ0) is 20.9. The van der Waals surface area contributed by atoms with E-state index in [1.165, 1.54) is 77.0 Å². The van der Waals surface area contributed by atoms with Crippen LogP contribution in [0.2, 0.25) is 24.2 Å². The lowest BCUT2D eigenvalue weighted by atomic mass is 10.1. The van der Waals surface area contributed by atoms with Gasteiger partial charge >= 0.3 is 0 Å². The summed E-state index contributed by atoms with van der Waals surface area (Å²) in [4.78, 5) is 11.5. The molecule has 168 valence electrons. The maximum absolute atomic E-state index is 11.5. The molecule has 0 rings (SSSR count). The van der Waals surface area contributed by atoms with Crippen LogP contribution in [-0.2, 0) is 4.79 Å². The van der Waals surface area contributed by atoms with Crippen LogP contribution in [-0.4, -0.2) is 32.2 Å². The molecular weight excluding hydrogens is 362 g/mol. The topological polar surface area (TPSA) is 49.3 Å². The van der Waals surface area contributed by atoms with Crippen LogP contribution in [0.5, 0.6) is 0 Å². The predicted octanol–water partition coefficient (Wildman–Crippen LogP) is 7.06. The van der Waals surface area contributed by atoms with E-state index in [9.17, 15) is 4.79 Å². The van der Waals surface area contributed by atoms with Gasteiger partial charge in [0.2, 0.25) is 5.91 Å². The van der Waals surface area contributed by atoms with E-state index < -0.39 is 8.07 Å². The second kappa shape index (κ2) is 19.9. The third kappa shape index (κ3) is 15.6. The van der Waals surface area contributed by atoms with Crippen LogP contribution >= 0.6 is 0 Å². The summed E-state index contributed by atoms with van der Waals surface area (Å²) < 4.78 is 0. The fourth-order valence-electron chi connectivity index (χ4n) is 4.69. The Morgan fingerprint density at radius 1 is 0.679 bits per heavy atom. The fourth-order valence-corrected chi connectivity index (χ4v) is 10.3. The molecule has 0 aromatic rings. The van der Waals surface area contributed by atoms with Gasteiger partial charge in [-0.1, -0.05) is 122 Å². The van der Waals surface area contributed by atoms with Crippen LogP contribution in [0.1, 0.15) is 111 Å². The molecule has 0 aromatic carbocycles. The third-order valence-corrected chi connectivity index (χ3v) is 12.1. The molecule has 0 saturated carbocycles. The van der Waals surface area contributed by atoms with E-state index in [1.807, 2.05) is 0 Å². The first-order valence-corrected chi connectivity index (χ1v) is 15.3. The van der Waals surface area contributed by atoms with Crippen molar-refractivity contribution in [2.24, 2.45) is 0 Å². The van der Waals surface area contributed by atoms with Gasteiger partial charge in [-0.3, -0.25) is 4.79 Å². The van der Waals surface area contributed by atoms with Crippen LogP contribution in [0.3, 0.4) is 0 Å². The average Bonchev–Trinajstić information content (AvgIpc) is 2.68. The zero-order valence-corrected chi connectivity index (χ0v) is 20.5. The number of aliphatic hydroxyl groups is 1. The fraction of sp³-hybridized carbons (Fsp3) is 0.958. The Balaban J connectivity index is 4.04. The summed E-state index contributed by atoms with van der Waals surface area (Å²) in [6.07, 6.45) is 18.1. The number of carbonyl (C=O) groups excluding carboxylic acids is 1. The maximum Gasteiger partial charge on any atom is 0.220 e. The summed E-state index contributed by atoms with van der Waals surface area (Å²) in [5, 5.41) is 11.5.